The predicted molar refractivity (Wildman–Crippen MR) is 92.1 cm³/mol. The van der Waals surface area contributed by atoms with E-state index < -0.39 is 23.3 Å². The second-order valence-corrected chi connectivity index (χ2v) is 13.7. The second-order valence-electron chi connectivity index (χ2n) is 6.89. The maximum atomic E-state index is 12.6. The van der Waals surface area contributed by atoms with Gasteiger partial charge in [-0.05, 0) is 0 Å². The Morgan fingerprint density at radius 2 is 2.29 bits per heavy atom. The van der Waals surface area contributed by atoms with Crippen LogP contribution in [-0.2, 0) is 19.1 Å². The molecule has 7 unspecified atom stereocenters. The minimum absolute atomic E-state index is 0.0185. The van der Waals surface area contributed by atoms with Crippen molar-refractivity contribution in [2.24, 2.45) is 23.7 Å². The molecule has 1 radical (unpaired) electrons. The monoisotopic (exact) mass is 514 g/mol. The molecule has 113 valence electrons. The number of hydrogen-bond donors (Lipinski definition) is 1. The molecule has 0 amide bonds. The molecule has 2 aliphatic carbocycles. The van der Waals surface area contributed by atoms with E-state index in [0.29, 0.717) is 18.4 Å². The van der Waals surface area contributed by atoms with Gasteiger partial charge in [0, 0.05) is 0 Å². The van der Waals surface area contributed by atoms with Crippen molar-refractivity contribution in [3.63, 3.8) is 0 Å². The fourth-order valence-corrected chi connectivity index (χ4v) is 13.0. The number of alkyl halides is 2. The molecule has 5 nitrogen and oxygen atoms in total. The van der Waals surface area contributed by atoms with Crippen molar-refractivity contribution < 1.29 is 19.1 Å². The van der Waals surface area contributed by atoms with Crippen molar-refractivity contribution in [3.8, 4) is 0 Å². The molecule has 3 heterocycles. The molecular formula is C13H15BI2NO4. The van der Waals surface area contributed by atoms with Crippen LogP contribution in [0.5, 0.6) is 0 Å². The SMILES string of the molecule is CC(I)(C(=O)OC1CC2CC1C1C(=O)OCC21)C12[B]I1N2. The van der Waals surface area contributed by atoms with E-state index in [1.165, 1.54) is 0 Å². The molecule has 21 heavy (non-hydrogen) atoms. The van der Waals surface area contributed by atoms with Crippen LogP contribution in [0.4, 0.5) is 0 Å². The van der Waals surface area contributed by atoms with Gasteiger partial charge in [0.15, 0.2) is 0 Å². The number of hydrogen-bond acceptors (Lipinski definition) is 5. The molecule has 0 aromatic rings. The Bertz CT molecular complexity index is 564. The third kappa shape index (κ3) is 1.67. The first-order valence-electron chi connectivity index (χ1n) is 7.33. The molecular weight excluding hydrogens is 499 g/mol. The molecule has 5 rings (SSSR count). The molecule has 0 aromatic heterocycles. The van der Waals surface area contributed by atoms with Crippen LogP contribution in [0.2, 0.25) is 0 Å². The van der Waals surface area contributed by atoms with Gasteiger partial charge in [-0.3, -0.25) is 0 Å². The van der Waals surface area contributed by atoms with Crippen LogP contribution in [0.15, 0.2) is 0 Å². The number of carbonyl (C=O) groups excluding carboxylic acids is 2. The van der Waals surface area contributed by atoms with Gasteiger partial charge in [0.05, 0.1) is 0 Å². The van der Waals surface area contributed by atoms with Crippen LogP contribution >= 0.6 is 42.5 Å². The third-order valence-corrected chi connectivity index (χ3v) is 13.5. The van der Waals surface area contributed by atoms with Crippen molar-refractivity contribution in [3.05, 3.63) is 0 Å². The standard InChI is InChI=1S/C13H15BI2NO4/c1-12(15,13-14-16(13)17-13)11(19)21-8-3-5-2-6(8)9-7(5)4-20-10(9)18/h5-9,17H,2-4H2,1H3. The quantitative estimate of drug-likeness (QED) is 0.117. The average Bonchev–Trinajstić information content (AvgIpc) is 3.13. The number of carbonyl (C=O) groups is 2. The molecule has 3 saturated heterocycles. The van der Waals surface area contributed by atoms with Gasteiger partial charge in [-0.2, -0.15) is 0 Å². The zero-order chi connectivity index (χ0) is 14.6. The molecule has 0 spiro atoms. The number of fused-ring (bicyclic) bond motifs is 6. The zero-order valence-electron chi connectivity index (χ0n) is 11.5. The molecule has 2 bridgehead atoms. The summed E-state index contributed by atoms with van der Waals surface area (Å²) in [5.41, 5.74) is 0. The van der Waals surface area contributed by atoms with Crippen molar-refractivity contribution in [2.45, 2.75) is 32.7 Å². The van der Waals surface area contributed by atoms with Gasteiger partial charge < -0.3 is 0 Å². The summed E-state index contributed by atoms with van der Waals surface area (Å²) in [5.74, 6) is 0.865. The summed E-state index contributed by atoms with van der Waals surface area (Å²) in [5, 5.41) is 2.32. The van der Waals surface area contributed by atoms with Crippen molar-refractivity contribution in [1.29, 1.82) is 0 Å². The Balaban J connectivity index is 1.32. The number of cyclic esters (lactones) is 1. The van der Waals surface area contributed by atoms with Crippen LogP contribution in [-0.4, -0.2) is 36.7 Å². The molecule has 3 aliphatic heterocycles. The molecule has 5 aliphatic rings. The number of esters is 2. The normalized spacial score (nSPS) is 52.4. The van der Waals surface area contributed by atoms with E-state index in [9.17, 15) is 9.59 Å². The Labute approximate surface area is 144 Å². The summed E-state index contributed by atoms with van der Waals surface area (Å²) in [6.45, 7) is 2.55. The van der Waals surface area contributed by atoms with E-state index >= 15 is 0 Å². The first-order valence-corrected chi connectivity index (χ1v) is 11.8. The molecule has 5 fully saturated rings. The summed E-state index contributed by atoms with van der Waals surface area (Å²) in [6, 6.07) is 0. The Hall–Kier alpha value is 0.425. The molecule has 1 N–H and O–H groups in total. The van der Waals surface area contributed by atoms with E-state index in [1.807, 2.05) is 6.92 Å². The van der Waals surface area contributed by atoms with Crippen molar-refractivity contribution in [1.82, 2.24) is 3.53 Å². The van der Waals surface area contributed by atoms with Crippen LogP contribution in [0.25, 0.3) is 0 Å². The maximum absolute atomic E-state index is 12.6. The van der Waals surface area contributed by atoms with Crippen LogP contribution in [0.1, 0.15) is 19.8 Å². The topological polar surface area (TPSA) is 74.5 Å². The van der Waals surface area contributed by atoms with E-state index in [-0.39, 0.29) is 33.3 Å². The van der Waals surface area contributed by atoms with Gasteiger partial charge in [0.25, 0.3) is 0 Å². The van der Waals surface area contributed by atoms with Gasteiger partial charge in [-0.15, -0.1) is 0 Å². The van der Waals surface area contributed by atoms with Gasteiger partial charge in [0.1, 0.15) is 0 Å². The van der Waals surface area contributed by atoms with Crippen LogP contribution in [0.3, 0.4) is 0 Å². The van der Waals surface area contributed by atoms with Crippen LogP contribution < -0.4 is 3.53 Å². The van der Waals surface area contributed by atoms with Gasteiger partial charge in [0.2, 0.25) is 0 Å². The molecule has 2 saturated carbocycles. The molecule has 7 atom stereocenters. The summed E-state index contributed by atoms with van der Waals surface area (Å²) in [4.78, 5) is 24.5. The van der Waals surface area contributed by atoms with Crippen molar-refractivity contribution >= 4 is 59.5 Å². The average molecular weight is 514 g/mol. The third-order valence-electron chi connectivity index (χ3n) is 5.87. The number of rotatable bonds is 3. The van der Waals surface area contributed by atoms with Gasteiger partial charge in [-0.25, -0.2) is 0 Å². The number of nitrogens with one attached hydrogen (secondary N) is 1. The fourth-order valence-electron chi connectivity index (χ4n) is 4.44. The summed E-state index contributed by atoms with van der Waals surface area (Å²) < 4.78 is 14.1. The first kappa shape index (κ1) is 13.8. The van der Waals surface area contributed by atoms with Crippen molar-refractivity contribution in [2.75, 3.05) is 6.61 Å². The second kappa shape index (κ2) is 4.09. The zero-order valence-corrected chi connectivity index (χ0v) is 15.8. The summed E-state index contributed by atoms with van der Waals surface area (Å²) in [7, 11) is 0. The molecule has 8 heteroatoms. The van der Waals surface area contributed by atoms with E-state index in [4.69, 9.17) is 9.47 Å². The first-order chi connectivity index (χ1) is 9.94. The number of halogens is 2. The summed E-state index contributed by atoms with van der Waals surface area (Å²) in [6.07, 6.45) is 1.85. The fraction of sp³-hybridized carbons (Fsp3) is 0.846. The molecule has 0 aromatic carbocycles. The number of ether oxygens (including phenoxy) is 2. The Morgan fingerprint density at radius 3 is 2.95 bits per heavy atom. The Morgan fingerprint density at radius 1 is 1.57 bits per heavy atom. The van der Waals surface area contributed by atoms with Gasteiger partial charge in [-0.1, -0.05) is 0 Å². The van der Waals surface area contributed by atoms with Gasteiger partial charge >= 0.3 is 145 Å². The summed E-state index contributed by atoms with van der Waals surface area (Å²) >= 11 is 1.19. The Kier molecular flexibility index (Phi) is 2.69. The predicted octanol–water partition coefficient (Wildman–Crippen LogP) is 1.23. The van der Waals surface area contributed by atoms with E-state index in [0.717, 1.165) is 12.8 Å². The van der Waals surface area contributed by atoms with E-state index in [2.05, 4.69) is 31.3 Å². The van der Waals surface area contributed by atoms with E-state index in [1.54, 1.807) is 0 Å². The van der Waals surface area contributed by atoms with Crippen LogP contribution in [0, 0.1) is 23.7 Å². The minimum atomic E-state index is -1.05.